The number of H-pyrrole nitrogens is 1. The zero-order valence-corrected chi connectivity index (χ0v) is 20.2. The van der Waals surface area contributed by atoms with Crippen LogP contribution in [0.4, 0.5) is 0 Å². The number of carboxylic acids is 1. The Bertz CT molecular complexity index is 1560. The molecule has 1 aromatic carbocycles. The molecule has 0 bridgehead atoms. The van der Waals surface area contributed by atoms with Gasteiger partial charge in [0.2, 0.25) is 0 Å². The maximum atomic E-state index is 12.5. The molecule has 0 radical (unpaired) electrons. The molecule has 2 aromatic rings. The number of aliphatic carboxylic acids is 1. The van der Waals surface area contributed by atoms with E-state index in [0.717, 1.165) is 11.1 Å². The first-order valence-electron chi connectivity index (χ1n) is 11.6. The Morgan fingerprint density at radius 3 is 2.58 bits per heavy atom. The molecule has 1 aromatic heterocycles. The summed E-state index contributed by atoms with van der Waals surface area (Å²) >= 11 is 0. The summed E-state index contributed by atoms with van der Waals surface area (Å²) in [6, 6.07) is 2.33. The standard InChI is InChI=1S/C23H27N7O8/c1-10-2-14-15(3-11(10)5-29-6-12(25-9-29)4-13(24)22(36)37)30(7-16(32)19(34)17(33)8-31)20-18(26-14)21(35)28-23(38)27-20/h2-3,6,9,13,16-17,19,31-34H,4-5,7-8,24H2,1H3,(H,36,37)(H,28,35,38)/t13-,16-,17+,19-/m0/s1. The smallest absolute Gasteiger partial charge is 0.349 e. The highest BCUT2D eigenvalue weighted by Gasteiger charge is 2.27. The number of nitrogens with one attached hydrogen (secondary N) is 1. The maximum absolute atomic E-state index is 12.5. The van der Waals surface area contributed by atoms with Crippen molar-refractivity contribution in [2.45, 2.75) is 50.8 Å². The minimum Gasteiger partial charge on any atom is -0.480 e. The summed E-state index contributed by atoms with van der Waals surface area (Å²) < 4.78 is 3.08. The zero-order valence-electron chi connectivity index (χ0n) is 20.2. The second-order valence-electron chi connectivity index (χ2n) is 9.03. The van der Waals surface area contributed by atoms with Crippen molar-refractivity contribution < 1.29 is 30.3 Å². The average Bonchev–Trinajstić information content (AvgIpc) is 3.30. The van der Waals surface area contributed by atoms with E-state index < -0.39 is 54.7 Å². The van der Waals surface area contributed by atoms with Crippen molar-refractivity contribution in [3.8, 4) is 11.5 Å². The molecule has 2 aliphatic rings. The highest BCUT2D eigenvalue weighted by atomic mass is 16.4. The Morgan fingerprint density at radius 1 is 1.16 bits per heavy atom. The molecule has 8 N–H and O–H groups in total. The number of nitrogens with two attached hydrogens (primary N) is 1. The number of carbonyl (C=O) groups is 1. The van der Waals surface area contributed by atoms with Crippen LogP contribution in [0.1, 0.15) is 16.8 Å². The number of carboxylic acid groups (broad SMARTS) is 1. The van der Waals surface area contributed by atoms with Crippen molar-refractivity contribution in [3.63, 3.8) is 0 Å². The third kappa shape index (κ3) is 5.46. The lowest BCUT2D eigenvalue weighted by Crippen LogP contribution is -2.42. The second-order valence-corrected chi connectivity index (χ2v) is 9.03. The highest BCUT2D eigenvalue weighted by Crippen LogP contribution is 2.25. The first-order chi connectivity index (χ1) is 18.0. The predicted molar refractivity (Wildman–Crippen MR) is 132 cm³/mol. The topological polar surface area (TPSA) is 243 Å². The lowest BCUT2D eigenvalue weighted by Gasteiger charge is -2.25. The largest absolute Gasteiger partial charge is 0.480 e. The fourth-order valence-electron chi connectivity index (χ4n) is 4.11. The Labute approximate surface area is 213 Å². The molecule has 3 heterocycles. The lowest BCUT2D eigenvalue weighted by atomic mass is 10.1. The van der Waals surface area contributed by atoms with Gasteiger partial charge >= 0.3 is 11.7 Å². The average molecular weight is 530 g/mol. The summed E-state index contributed by atoms with van der Waals surface area (Å²) in [6.07, 6.45) is -1.72. The van der Waals surface area contributed by atoms with Crippen LogP contribution < -0.4 is 17.0 Å². The number of nitrogens with zero attached hydrogens (tertiary/aromatic N) is 5. The molecular weight excluding hydrogens is 502 g/mol. The fourth-order valence-corrected chi connectivity index (χ4v) is 4.11. The molecule has 0 fully saturated rings. The monoisotopic (exact) mass is 529 g/mol. The van der Waals surface area contributed by atoms with Crippen molar-refractivity contribution in [2.24, 2.45) is 5.73 Å². The Morgan fingerprint density at radius 2 is 1.89 bits per heavy atom. The van der Waals surface area contributed by atoms with Gasteiger partial charge in [0.25, 0.3) is 5.56 Å². The van der Waals surface area contributed by atoms with Crippen LogP contribution in [0.3, 0.4) is 0 Å². The fraction of sp³-hybridized carbons (Fsp3) is 0.391. The Kier molecular flexibility index (Phi) is 7.66. The van der Waals surface area contributed by atoms with Gasteiger partial charge in [-0.2, -0.15) is 4.98 Å². The van der Waals surface area contributed by atoms with E-state index in [-0.39, 0.29) is 17.9 Å². The van der Waals surface area contributed by atoms with E-state index in [1.54, 1.807) is 22.9 Å². The number of aromatic amines is 1. The summed E-state index contributed by atoms with van der Waals surface area (Å²) in [5.74, 6) is -1.28. The number of aliphatic hydroxyl groups is 4. The van der Waals surface area contributed by atoms with Gasteiger partial charge in [-0.1, -0.05) is 0 Å². The third-order valence-electron chi connectivity index (χ3n) is 6.20. The van der Waals surface area contributed by atoms with Crippen molar-refractivity contribution in [3.05, 3.63) is 62.3 Å². The molecule has 0 aliphatic carbocycles. The first kappa shape index (κ1) is 27.0. The van der Waals surface area contributed by atoms with Gasteiger partial charge in [0, 0.05) is 19.2 Å². The number of hydrogen-bond acceptors (Lipinski definition) is 11. The molecule has 0 saturated heterocycles. The molecule has 0 unspecified atom stereocenters. The van der Waals surface area contributed by atoms with Crippen molar-refractivity contribution in [1.29, 1.82) is 0 Å². The minimum absolute atomic E-state index is 0.0482. The number of aromatic nitrogens is 6. The normalized spacial score (nSPS) is 15.0. The minimum atomic E-state index is -1.73. The number of hydrogen-bond donors (Lipinski definition) is 7. The van der Waals surface area contributed by atoms with E-state index >= 15 is 0 Å². The van der Waals surface area contributed by atoms with Crippen LogP contribution in [0.25, 0.3) is 22.6 Å². The molecule has 15 heteroatoms. The van der Waals surface area contributed by atoms with E-state index in [4.69, 9.17) is 15.9 Å². The van der Waals surface area contributed by atoms with Crippen LogP contribution in [-0.4, -0.2) is 91.5 Å². The first-order valence-corrected chi connectivity index (χ1v) is 11.6. The van der Waals surface area contributed by atoms with Crippen molar-refractivity contribution >= 4 is 17.0 Å². The van der Waals surface area contributed by atoms with E-state index in [2.05, 4.69) is 19.9 Å². The summed E-state index contributed by atoms with van der Waals surface area (Å²) in [5, 5.41) is 48.7. The molecule has 0 amide bonds. The summed E-state index contributed by atoms with van der Waals surface area (Å²) in [6.45, 7) is 0.938. The highest BCUT2D eigenvalue weighted by molar-refractivity contribution is 5.81. The van der Waals surface area contributed by atoms with Gasteiger partial charge in [-0.15, -0.1) is 0 Å². The molecular formula is C23H27N7O8. The van der Waals surface area contributed by atoms with Crippen molar-refractivity contribution in [1.82, 2.24) is 29.1 Å². The number of aryl methyl sites for hydroxylation is 1. The Hall–Kier alpha value is -4.02. The van der Waals surface area contributed by atoms with Gasteiger partial charge in [-0.25, -0.2) is 14.8 Å². The lowest BCUT2D eigenvalue weighted by molar-refractivity contribution is -0.138. The van der Waals surface area contributed by atoms with Crippen LogP contribution in [0.15, 0.2) is 34.2 Å². The predicted octanol–water partition coefficient (Wildman–Crippen LogP) is -2.83. The van der Waals surface area contributed by atoms with Gasteiger partial charge in [-0.05, 0) is 30.2 Å². The van der Waals surface area contributed by atoms with Crippen LogP contribution >= 0.6 is 0 Å². The molecule has 2 aliphatic heterocycles. The summed E-state index contributed by atoms with van der Waals surface area (Å²) in [7, 11) is 0. The molecule has 4 atom stereocenters. The van der Waals surface area contributed by atoms with Gasteiger partial charge < -0.3 is 40.4 Å². The molecule has 202 valence electrons. The van der Waals surface area contributed by atoms with Gasteiger partial charge in [0.05, 0.1) is 36.2 Å². The van der Waals surface area contributed by atoms with Gasteiger partial charge in [-0.3, -0.25) is 14.6 Å². The van der Waals surface area contributed by atoms with Crippen molar-refractivity contribution in [2.75, 3.05) is 6.61 Å². The Balaban J connectivity index is 1.80. The number of benzene rings is 1. The third-order valence-corrected chi connectivity index (χ3v) is 6.20. The molecule has 0 saturated carbocycles. The number of fused-ring (bicyclic) bond motifs is 2. The molecule has 0 spiro atoms. The van der Waals surface area contributed by atoms with Crippen LogP contribution in [0.2, 0.25) is 0 Å². The van der Waals surface area contributed by atoms with Crippen LogP contribution in [0.5, 0.6) is 0 Å². The SMILES string of the molecule is Cc1cc2nc3c(=O)[nH]c(=O)nc-3n(C[C@H](O)[C@H](O)[C@H](O)CO)c2cc1Cn1cnc(C[C@H](N)C(=O)O)c1. The quantitative estimate of drug-likeness (QED) is 0.103. The molecule has 4 rings (SSSR count). The summed E-state index contributed by atoms with van der Waals surface area (Å²) in [5.41, 5.74) is 6.46. The number of aliphatic hydroxyl groups excluding tert-OH is 4. The van der Waals surface area contributed by atoms with E-state index in [1.165, 1.54) is 10.9 Å². The van der Waals surface area contributed by atoms with Crippen LogP contribution in [0, 0.1) is 6.92 Å². The summed E-state index contributed by atoms with van der Waals surface area (Å²) in [4.78, 5) is 50.0. The zero-order chi connectivity index (χ0) is 27.7. The van der Waals surface area contributed by atoms with E-state index in [1.807, 2.05) is 6.92 Å². The number of imidazole rings is 1. The van der Waals surface area contributed by atoms with Gasteiger partial charge in [0.15, 0.2) is 11.5 Å². The van der Waals surface area contributed by atoms with E-state index in [9.17, 15) is 29.7 Å². The van der Waals surface area contributed by atoms with E-state index in [0.29, 0.717) is 23.3 Å². The van der Waals surface area contributed by atoms with Gasteiger partial charge in [0.1, 0.15) is 24.4 Å². The molecule has 15 nitrogen and oxygen atoms in total. The molecule has 38 heavy (non-hydrogen) atoms. The number of rotatable bonds is 10. The maximum Gasteiger partial charge on any atom is 0.349 e. The van der Waals surface area contributed by atoms with Crippen LogP contribution in [-0.2, 0) is 24.3 Å². The second kappa shape index (κ2) is 10.8.